The van der Waals surface area contributed by atoms with E-state index in [1.165, 1.54) is 12.8 Å². The topological polar surface area (TPSA) is 35.8 Å². The highest BCUT2D eigenvalue weighted by atomic mass is 32.2. The maximum Gasteiger partial charge on any atom is 0.0672 e. The fraction of sp³-hybridized carbons (Fsp3) is 0.750. The average molecular weight is 222 g/mol. The Hall–Kier alpha value is -0.640. The average Bonchev–Trinajstić information content (AvgIpc) is 2.29. The highest BCUT2D eigenvalue weighted by molar-refractivity contribution is 7.99. The lowest BCUT2D eigenvalue weighted by Crippen LogP contribution is -2.39. The number of nitriles is 1. The summed E-state index contributed by atoms with van der Waals surface area (Å²) in [4.78, 5) is 0. The zero-order chi connectivity index (χ0) is 10.9. The molecule has 0 aromatic rings. The van der Waals surface area contributed by atoms with E-state index in [4.69, 9.17) is 11.7 Å². The van der Waals surface area contributed by atoms with Gasteiger partial charge in [-0.05, 0) is 12.8 Å². The van der Waals surface area contributed by atoms with E-state index in [0.29, 0.717) is 6.04 Å². The highest BCUT2D eigenvalue weighted by Gasteiger charge is 2.23. The SMILES string of the molecule is C#CCSCCNC1CCCCC1C#N. The first-order chi connectivity index (χ1) is 7.38. The molecule has 1 fully saturated rings. The molecule has 0 radical (unpaired) electrons. The van der Waals surface area contributed by atoms with Gasteiger partial charge in [0.1, 0.15) is 0 Å². The Labute approximate surface area is 96.8 Å². The maximum atomic E-state index is 8.98. The van der Waals surface area contributed by atoms with E-state index in [-0.39, 0.29) is 5.92 Å². The van der Waals surface area contributed by atoms with Crippen molar-refractivity contribution in [1.29, 1.82) is 5.26 Å². The molecule has 1 N–H and O–H groups in total. The second-order valence-corrected chi connectivity index (χ2v) is 4.94. The predicted molar refractivity (Wildman–Crippen MR) is 65.5 cm³/mol. The minimum atomic E-state index is 0.219. The van der Waals surface area contributed by atoms with Gasteiger partial charge in [-0.15, -0.1) is 18.2 Å². The molecule has 0 aliphatic heterocycles. The van der Waals surface area contributed by atoms with Gasteiger partial charge in [0.25, 0.3) is 0 Å². The molecule has 0 heterocycles. The molecule has 2 atom stereocenters. The van der Waals surface area contributed by atoms with Gasteiger partial charge >= 0.3 is 0 Å². The van der Waals surface area contributed by atoms with E-state index in [1.54, 1.807) is 11.8 Å². The van der Waals surface area contributed by atoms with Crippen LogP contribution in [-0.2, 0) is 0 Å². The van der Waals surface area contributed by atoms with Crippen molar-refractivity contribution >= 4 is 11.8 Å². The molecule has 2 nitrogen and oxygen atoms in total. The number of rotatable bonds is 5. The van der Waals surface area contributed by atoms with Crippen molar-refractivity contribution in [2.75, 3.05) is 18.1 Å². The number of thioether (sulfide) groups is 1. The second-order valence-electron chi connectivity index (χ2n) is 3.84. The first-order valence-corrected chi connectivity index (χ1v) is 6.68. The molecule has 15 heavy (non-hydrogen) atoms. The van der Waals surface area contributed by atoms with Crippen LogP contribution in [0.2, 0.25) is 0 Å². The Morgan fingerprint density at radius 1 is 1.40 bits per heavy atom. The van der Waals surface area contributed by atoms with Crippen LogP contribution in [0.3, 0.4) is 0 Å². The molecular formula is C12H18N2S. The predicted octanol–water partition coefficient (Wildman–Crippen LogP) is 2.02. The Bertz CT molecular complexity index is 251. The number of hydrogen-bond donors (Lipinski definition) is 1. The Kier molecular flexibility index (Phi) is 6.32. The monoisotopic (exact) mass is 222 g/mol. The molecule has 0 aromatic heterocycles. The summed E-state index contributed by atoms with van der Waals surface area (Å²) in [5.41, 5.74) is 0. The number of nitrogens with zero attached hydrogens (tertiary/aromatic N) is 1. The van der Waals surface area contributed by atoms with Crippen LogP contribution in [0.1, 0.15) is 25.7 Å². The van der Waals surface area contributed by atoms with Gasteiger partial charge in [0, 0.05) is 18.3 Å². The summed E-state index contributed by atoms with van der Waals surface area (Å²) < 4.78 is 0. The summed E-state index contributed by atoms with van der Waals surface area (Å²) in [6.45, 7) is 0.967. The maximum absolute atomic E-state index is 8.98. The largest absolute Gasteiger partial charge is 0.312 e. The van der Waals surface area contributed by atoms with Gasteiger partial charge in [0.2, 0.25) is 0 Å². The van der Waals surface area contributed by atoms with Crippen molar-refractivity contribution in [3.05, 3.63) is 0 Å². The standard InChI is InChI=1S/C12H18N2S/c1-2-8-15-9-7-14-12-6-4-3-5-11(12)10-13/h1,11-12,14H,3-9H2. The van der Waals surface area contributed by atoms with Crippen molar-refractivity contribution in [2.45, 2.75) is 31.7 Å². The van der Waals surface area contributed by atoms with E-state index >= 15 is 0 Å². The molecule has 1 aliphatic rings. The van der Waals surface area contributed by atoms with E-state index < -0.39 is 0 Å². The number of hydrogen-bond acceptors (Lipinski definition) is 3. The van der Waals surface area contributed by atoms with Crippen LogP contribution in [0.15, 0.2) is 0 Å². The van der Waals surface area contributed by atoms with Crippen LogP contribution in [0.4, 0.5) is 0 Å². The minimum absolute atomic E-state index is 0.219. The van der Waals surface area contributed by atoms with Crippen molar-refractivity contribution < 1.29 is 0 Å². The van der Waals surface area contributed by atoms with Crippen LogP contribution in [0.5, 0.6) is 0 Å². The fourth-order valence-corrected chi connectivity index (χ4v) is 2.50. The first-order valence-electron chi connectivity index (χ1n) is 5.52. The molecule has 0 saturated heterocycles. The molecule has 82 valence electrons. The van der Waals surface area contributed by atoms with Crippen LogP contribution < -0.4 is 5.32 Å². The number of nitrogens with one attached hydrogen (secondary N) is 1. The Morgan fingerprint density at radius 3 is 2.93 bits per heavy atom. The minimum Gasteiger partial charge on any atom is -0.312 e. The lowest BCUT2D eigenvalue weighted by molar-refractivity contribution is 0.318. The third-order valence-corrected chi connectivity index (χ3v) is 3.63. The third kappa shape index (κ3) is 4.60. The van der Waals surface area contributed by atoms with Gasteiger partial charge in [-0.2, -0.15) is 5.26 Å². The molecule has 1 aliphatic carbocycles. The van der Waals surface area contributed by atoms with Crippen molar-refractivity contribution in [1.82, 2.24) is 5.32 Å². The summed E-state index contributed by atoms with van der Waals surface area (Å²) in [7, 11) is 0. The van der Waals surface area contributed by atoms with Crippen LogP contribution in [-0.4, -0.2) is 24.1 Å². The van der Waals surface area contributed by atoms with Gasteiger partial charge in [-0.3, -0.25) is 0 Å². The van der Waals surface area contributed by atoms with E-state index in [2.05, 4.69) is 17.3 Å². The molecule has 1 saturated carbocycles. The molecule has 0 spiro atoms. The normalized spacial score (nSPS) is 25.5. The summed E-state index contributed by atoms with van der Waals surface area (Å²) in [5.74, 6) is 4.65. The van der Waals surface area contributed by atoms with Crippen LogP contribution in [0.25, 0.3) is 0 Å². The van der Waals surface area contributed by atoms with E-state index in [9.17, 15) is 0 Å². The summed E-state index contributed by atoms with van der Waals surface area (Å²) in [5, 5.41) is 12.5. The Balaban J connectivity index is 2.14. The van der Waals surface area contributed by atoms with Crippen molar-refractivity contribution in [3.8, 4) is 18.4 Å². The molecule has 1 rings (SSSR count). The number of terminal acetylenes is 1. The van der Waals surface area contributed by atoms with Gasteiger partial charge in [0.15, 0.2) is 0 Å². The van der Waals surface area contributed by atoms with E-state index in [1.807, 2.05) is 0 Å². The summed E-state index contributed by atoms with van der Waals surface area (Å²) in [6.07, 6.45) is 9.84. The lowest BCUT2D eigenvalue weighted by atomic mass is 9.85. The first kappa shape index (κ1) is 12.4. The second kappa shape index (κ2) is 7.63. The lowest BCUT2D eigenvalue weighted by Gasteiger charge is -2.27. The molecule has 0 bridgehead atoms. The smallest absolute Gasteiger partial charge is 0.0672 e. The fourth-order valence-electron chi connectivity index (χ4n) is 1.98. The molecule has 0 amide bonds. The third-order valence-electron chi connectivity index (χ3n) is 2.77. The van der Waals surface area contributed by atoms with E-state index in [0.717, 1.165) is 30.9 Å². The summed E-state index contributed by atoms with van der Waals surface area (Å²) in [6, 6.07) is 2.82. The van der Waals surface area contributed by atoms with Crippen molar-refractivity contribution in [3.63, 3.8) is 0 Å². The summed E-state index contributed by atoms with van der Waals surface area (Å²) >= 11 is 1.77. The van der Waals surface area contributed by atoms with Gasteiger partial charge in [-0.25, -0.2) is 0 Å². The van der Waals surface area contributed by atoms with Crippen LogP contribution in [0, 0.1) is 29.6 Å². The Morgan fingerprint density at radius 2 is 2.20 bits per heavy atom. The molecular weight excluding hydrogens is 204 g/mol. The quantitative estimate of drug-likeness (QED) is 0.571. The highest BCUT2D eigenvalue weighted by Crippen LogP contribution is 2.23. The van der Waals surface area contributed by atoms with Gasteiger partial charge in [0.05, 0.1) is 17.7 Å². The van der Waals surface area contributed by atoms with Crippen molar-refractivity contribution in [2.24, 2.45) is 5.92 Å². The molecule has 2 unspecified atom stereocenters. The van der Waals surface area contributed by atoms with Gasteiger partial charge < -0.3 is 5.32 Å². The zero-order valence-electron chi connectivity index (χ0n) is 9.04. The van der Waals surface area contributed by atoms with Crippen LogP contribution >= 0.6 is 11.8 Å². The zero-order valence-corrected chi connectivity index (χ0v) is 9.85. The van der Waals surface area contributed by atoms with Gasteiger partial charge in [-0.1, -0.05) is 18.8 Å². The molecule has 0 aromatic carbocycles. The molecule has 3 heteroatoms.